The van der Waals surface area contributed by atoms with Crippen LogP contribution in [0.4, 0.5) is 14.6 Å². The molecule has 0 atom stereocenters. The fourth-order valence-electron chi connectivity index (χ4n) is 2.92. The van der Waals surface area contributed by atoms with Gasteiger partial charge in [-0.25, -0.2) is 23.5 Å². The zero-order valence-corrected chi connectivity index (χ0v) is 15.2. The zero-order chi connectivity index (χ0) is 19.7. The third-order valence-electron chi connectivity index (χ3n) is 4.09. The van der Waals surface area contributed by atoms with E-state index in [-0.39, 0.29) is 5.56 Å². The SMILES string of the molecule is CC(C)CN(C)c1nc2cc(C(=O)O)ccc2nc1-c1ccc(F)c(F)c1. The molecule has 0 saturated carbocycles. The number of hydrogen-bond acceptors (Lipinski definition) is 4. The van der Waals surface area contributed by atoms with Gasteiger partial charge < -0.3 is 10.0 Å². The lowest BCUT2D eigenvalue weighted by molar-refractivity contribution is 0.0697. The molecule has 0 saturated heterocycles. The first-order valence-electron chi connectivity index (χ1n) is 8.48. The molecule has 0 aliphatic rings. The minimum Gasteiger partial charge on any atom is -0.478 e. The van der Waals surface area contributed by atoms with Crippen LogP contribution < -0.4 is 4.90 Å². The maximum absolute atomic E-state index is 13.8. The second kappa shape index (κ2) is 7.26. The van der Waals surface area contributed by atoms with E-state index in [1.165, 1.54) is 18.2 Å². The van der Waals surface area contributed by atoms with Crippen molar-refractivity contribution in [2.24, 2.45) is 5.92 Å². The van der Waals surface area contributed by atoms with Crippen molar-refractivity contribution in [1.82, 2.24) is 9.97 Å². The van der Waals surface area contributed by atoms with Gasteiger partial charge in [-0.1, -0.05) is 13.8 Å². The molecule has 7 heteroatoms. The van der Waals surface area contributed by atoms with Gasteiger partial charge >= 0.3 is 5.97 Å². The lowest BCUT2D eigenvalue weighted by Crippen LogP contribution is -2.24. The number of aromatic nitrogens is 2. The number of carbonyl (C=O) groups is 1. The molecule has 0 bridgehead atoms. The first-order chi connectivity index (χ1) is 12.8. The Morgan fingerprint density at radius 1 is 1.07 bits per heavy atom. The molecule has 140 valence electrons. The highest BCUT2D eigenvalue weighted by molar-refractivity contribution is 5.93. The van der Waals surface area contributed by atoms with Crippen molar-refractivity contribution < 1.29 is 18.7 Å². The van der Waals surface area contributed by atoms with Gasteiger partial charge in [-0.15, -0.1) is 0 Å². The van der Waals surface area contributed by atoms with E-state index in [0.29, 0.717) is 40.6 Å². The van der Waals surface area contributed by atoms with E-state index >= 15 is 0 Å². The normalized spacial score (nSPS) is 11.2. The highest BCUT2D eigenvalue weighted by Crippen LogP contribution is 2.30. The Labute approximate surface area is 155 Å². The van der Waals surface area contributed by atoms with Crippen LogP contribution in [0, 0.1) is 17.6 Å². The summed E-state index contributed by atoms with van der Waals surface area (Å²) in [6.07, 6.45) is 0. The standard InChI is InChI=1S/C20H19F2N3O2/c1-11(2)10-25(3)19-18(12-4-6-14(21)15(22)8-12)23-16-7-5-13(20(26)27)9-17(16)24-19/h4-9,11H,10H2,1-3H3,(H,26,27). The van der Waals surface area contributed by atoms with Crippen molar-refractivity contribution in [3.8, 4) is 11.3 Å². The van der Waals surface area contributed by atoms with E-state index in [0.717, 1.165) is 12.1 Å². The van der Waals surface area contributed by atoms with E-state index in [4.69, 9.17) is 0 Å². The number of benzene rings is 2. The quantitative estimate of drug-likeness (QED) is 0.722. The number of aromatic carboxylic acids is 1. The minimum absolute atomic E-state index is 0.106. The third-order valence-corrected chi connectivity index (χ3v) is 4.09. The Kier molecular flexibility index (Phi) is 5.03. The summed E-state index contributed by atoms with van der Waals surface area (Å²) in [6, 6.07) is 8.03. The van der Waals surface area contributed by atoms with Crippen molar-refractivity contribution in [3.63, 3.8) is 0 Å². The van der Waals surface area contributed by atoms with Gasteiger partial charge in [0.2, 0.25) is 0 Å². The van der Waals surface area contributed by atoms with Crippen LogP contribution in [0.3, 0.4) is 0 Å². The molecule has 2 aromatic carbocycles. The number of fused-ring (bicyclic) bond motifs is 1. The van der Waals surface area contributed by atoms with Crippen LogP contribution >= 0.6 is 0 Å². The maximum Gasteiger partial charge on any atom is 0.335 e. The summed E-state index contributed by atoms with van der Waals surface area (Å²) in [6.45, 7) is 4.75. The molecule has 0 spiro atoms. The van der Waals surface area contributed by atoms with Gasteiger partial charge in [-0.3, -0.25) is 0 Å². The minimum atomic E-state index is -1.06. The number of carboxylic acid groups (broad SMARTS) is 1. The van der Waals surface area contributed by atoms with E-state index in [2.05, 4.69) is 9.97 Å². The predicted molar refractivity (Wildman–Crippen MR) is 100.0 cm³/mol. The van der Waals surface area contributed by atoms with Crippen molar-refractivity contribution in [2.45, 2.75) is 13.8 Å². The number of anilines is 1. The lowest BCUT2D eigenvalue weighted by atomic mass is 10.1. The Morgan fingerprint density at radius 2 is 1.81 bits per heavy atom. The molecule has 0 unspecified atom stereocenters. The summed E-state index contributed by atoms with van der Waals surface area (Å²) in [5.41, 5.74) is 1.81. The molecular formula is C20H19F2N3O2. The molecule has 5 nitrogen and oxygen atoms in total. The lowest BCUT2D eigenvalue weighted by Gasteiger charge is -2.23. The number of nitrogens with zero attached hydrogens (tertiary/aromatic N) is 3. The summed E-state index contributed by atoms with van der Waals surface area (Å²) < 4.78 is 27.1. The third kappa shape index (κ3) is 3.86. The molecule has 1 N–H and O–H groups in total. The summed E-state index contributed by atoms with van der Waals surface area (Å²) in [7, 11) is 1.83. The fraction of sp³-hybridized carbons (Fsp3) is 0.250. The molecule has 1 heterocycles. The summed E-state index contributed by atoms with van der Waals surface area (Å²) >= 11 is 0. The van der Waals surface area contributed by atoms with Crippen LogP contribution in [0.5, 0.6) is 0 Å². The van der Waals surface area contributed by atoms with Gasteiger partial charge in [0.25, 0.3) is 0 Å². The van der Waals surface area contributed by atoms with Gasteiger partial charge in [-0.2, -0.15) is 0 Å². The van der Waals surface area contributed by atoms with Crippen LogP contribution in [-0.2, 0) is 0 Å². The molecular weight excluding hydrogens is 352 g/mol. The Morgan fingerprint density at radius 3 is 2.44 bits per heavy atom. The van der Waals surface area contributed by atoms with Crippen LogP contribution in [0.25, 0.3) is 22.3 Å². The zero-order valence-electron chi connectivity index (χ0n) is 15.2. The Balaban J connectivity index is 2.23. The molecule has 0 aliphatic carbocycles. The van der Waals surface area contributed by atoms with Gasteiger partial charge in [-0.05, 0) is 42.3 Å². The summed E-state index contributed by atoms with van der Waals surface area (Å²) in [5.74, 6) is -2.15. The van der Waals surface area contributed by atoms with Crippen molar-refractivity contribution >= 4 is 22.8 Å². The van der Waals surface area contributed by atoms with Crippen LogP contribution in [0.15, 0.2) is 36.4 Å². The van der Waals surface area contributed by atoms with Crippen LogP contribution in [0.1, 0.15) is 24.2 Å². The van der Waals surface area contributed by atoms with E-state index in [1.807, 2.05) is 25.8 Å². The molecule has 27 heavy (non-hydrogen) atoms. The topological polar surface area (TPSA) is 66.3 Å². The van der Waals surface area contributed by atoms with Gasteiger partial charge in [0.05, 0.1) is 16.6 Å². The Hall–Kier alpha value is -3.09. The molecule has 0 aliphatic heterocycles. The van der Waals surface area contributed by atoms with Crippen LogP contribution in [-0.4, -0.2) is 34.6 Å². The average Bonchev–Trinajstić information content (AvgIpc) is 2.61. The average molecular weight is 371 g/mol. The number of rotatable bonds is 5. The van der Waals surface area contributed by atoms with Gasteiger partial charge in [0.1, 0.15) is 5.69 Å². The van der Waals surface area contributed by atoms with Crippen molar-refractivity contribution in [2.75, 3.05) is 18.5 Å². The maximum atomic E-state index is 13.8. The first kappa shape index (κ1) is 18.7. The molecule has 0 amide bonds. The van der Waals surface area contributed by atoms with Crippen LogP contribution in [0.2, 0.25) is 0 Å². The molecule has 0 fully saturated rings. The number of hydrogen-bond donors (Lipinski definition) is 1. The highest BCUT2D eigenvalue weighted by Gasteiger charge is 2.18. The Bertz CT molecular complexity index is 1020. The van der Waals surface area contributed by atoms with Gasteiger partial charge in [0, 0.05) is 19.2 Å². The van der Waals surface area contributed by atoms with Crippen molar-refractivity contribution in [1.29, 1.82) is 0 Å². The smallest absolute Gasteiger partial charge is 0.335 e. The van der Waals surface area contributed by atoms with Gasteiger partial charge in [0.15, 0.2) is 17.5 Å². The first-order valence-corrected chi connectivity index (χ1v) is 8.48. The molecule has 0 radical (unpaired) electrons. The molecule has 1 aromatic heterocycles. The van der Waals surface area contributed by atoms with E-state index < -0.39 is 17.6 Å². The van der Waals surface area contributed by atoms with E-state index in [9.17, 15) is 18.7 Å². The summed E-state index contributed by atoms with van der Waals surface area (Å²) in [4.78, 5) is 22.2. The molecule has 3 rings (SSSR count). The number of halogens is 2. The fourth-order valence-corrected chi connectivity index (χ4v) is 2.92. The highest BCUT2D eigenvalue weighted by atomic mass is 19.2. The van der Waals surface area contributed by atoms with E-state index in [1.54, 1.807) is 6.07 Å². The largest absolute Gasteiger partial charge is 0.478 e. The van der Waals surface area contributed by atoms with Crippen molar-refractivity contribution in [3.05, 3.63) is 53.6 Å². The monoisotopic (exact) mass is 371 g/mol. The number of carboxylic acids is 1. The predicted octanol–water partition coefficient (Wildman–Crippen LogP) is 4.37. The molecule has 3 aromatic rings. The summed E-state index contributed by atoms with van der Waals surface area (Å²) in [5, 5.41) is 9.20. The second-order valence-electron chi connectivity index (χ2n) is 6.81. The second-order valence-corrected chi connectivity index (χ2v) is 6.81.